The van der Waals surface area contributed by atoms with Crippen LogP contribution in [-0.4, -0.2) is 38.1 Å². The quantitative estimate of drug-likeness (QED) is 0.758. The van der Waals surface area contributed by atoms with Gasteiger partial charge in [0, 0.05) is 6.54 Å². The van der Waals surface area contributed by atoms with E-state index in [4.69, 9.17) is 16.3 Å². The lowest BCUT2D eigenvalue weighted by Gasteiger charge is -2.15. The summed E-state index contributed by atoms with van der Waals surface area (Å²) in [4.78, 5) is 14.3. The van der Waals surface area contributed by atoms with E-state index in [1.807, 2.05) is 50.2 Å². The fraction of sp³-hybridized carbons (Fsp3) is 0.350. The van der Waals surface area contributed by atoms with E-state index in [9.17, 15) is 9.18 Å². The molecule has 140 valence electrons. The predicted molar refractivity (Wildman–Crippen MR) is 102 cm³/mol. The number of amides is 1. The first-order valence-electron chi connectivity index (χ1n) is 8.46. The zero-order valence-corrected chi connectivity index (χ0v) is 16.0. The van der Waals surface area contributed by atoms with Crippen molar-refractivity contribution in [2.75, 3.05) is 27.2 Å². The van der Waals surface area contributed by atoms with Crippen LogP contribution in [0.1, 0.15) is 24.1 Å². The molecule has 0 saturated heterocycles. The first kappa shape index (κ1) is 20.2. The van der Waals surface area contributed by atoms with Crippen LogP contribution in [0.4, 0.5) is 4.39 Å². The normalized spacial score (nSPS) is 12.1. The molecule has 0 heterocycles. The lowest BCUT2D eigenvalue weighted by Crippen LogP contribution is -2.28. The number of hydrogen-bond donors (Lipinski definition) is 1. The molecule has 0 bridgehead atoms. The molecule has 2 rings (SSSR count). The van der Waals surface area contributed by atoms with Crippen molar-refractivity contribution in [2.45, 2.75) is 19.4 Å². The lowest BCUT2D eigenvalue weighted by molar-refractivity contribution is -0.121. The zero-order chi connectivity index (χ0) is 19.1. The van der Waals surface area contributed by atoms with E-state index >= 15 is 0 Å². The largest absolute Gasteiger partial charge is 0.492 e. The highest BCUT2D eigenvalue weighted by atomic mass is 35.5. The summed E-state index contributed by atoms with van der Waals surface area (Å²) in [6, 6.07) is 11.7. The second-order valence-electron chi connectivity index (χ2n) is 6.44. The SMILES string of the molecule is C[C@@H](NC(=O)Cc1cccc(OCCN(C)C)c1)c1ccc(F)c(Cl)c1. The van der Waals surface area contributed by atoms with E-state index < -0.39 is 5.82 Å². The Labute approximate surface area is 158 Å². The van der Waals surface area contributed by atoms with Gasteiger partial charge in [0.15, 0.2) is 0 Å². The topological polar surface area (TPSA) is 41.6 Å². The molecule has 0 aliphatic heterocycles. The van der Waals surface area contributed by atoms with Crippen LogP contribution in [-0.2, 0) is 11.2 Å². The molecule has 1 atom stereocenters. The number of hydrogen-bond acceptors (Lipinski definition) is 3. The molecule has 6 heteroatoms. The van der Waals surface area contributed by atoms with Crippen LogP contribution in [0, 0.1) is 5.82 Å². The highest BCUT2D eigenvalue weighted by Gasteiger charge is 2.12. The molecule has 0 aromatic heterocycles. The van der Waals surface area contributed by atoms with Gasteiger partial charge in [-0.1, -0.05) is 29.8 Å². The summed E-state index contributed by atoms with van der Waals surface area (Å²) in [5.74, 6) is 0.152. The van der Waals surface area contributed by atoms with Crippen LogP contribution < -0.4 is 10.1 Å². The zero-order valence-electron chi connectivity index (χ0n) is 15.3. The molecule has 2 aromatic carbocycles. The maximum absolute atomic E-state index is 13.2. The number of carbonyl (C=O) groups excluding carboxylic acids is 1. The van der Waals surface area contributed by atoms with Crippen molar-refractivity contribution < 1.29 is 13.9 Å². The molecule has 0 saturated carbocycles. The van der Waals surface area contributed by atoms with Crippen LogP contribution in [0.15, 0.2) is 42.5 Å². The molecular weight excluding hydrogens is 355 g/mol. The average molecular weight is 379 g/mol. The Hall–Kier alpha value is -2.11. The third-order valence-corrected chi connectivity index (χ3v) is 4.18. The van der Waals surface area contributed by atoms with Gasteiger partial charge in [-0.3, -0.25) is 4.79 Å². The summed E-state index contributed by atoms with van der Waals surface area (Å²) in [7, 11) is 3.97. The molecule has 0 fully saturated rings. The van der Waals surface area contributed by atoms with E-state index in [2.05, 4.69) is 5.32 Å². The molecule has 0 spiro atoms. The number of nitrogens with zero attached hydrogens (tertiary/aromatic N) is 1. The van der Waals surface area contributed by atoms with Crippen LogP contribution in [0.3, 0.4) is 0 Å². The van der Waals surface area contributed by atoms with Gasteiger partial charge < -0.3 is 15.0 Å². The second-order valence-corrected chi connectivity index (χ2v) is 6.85. The van der Waals surface area contributed by atoms with E-state index in [0.29, 0.717) is 6.61 Å². The van der Waals surface area contributed by atoms with Gasteiger partial charge in [0.2, 0.25) is 5.91 Å². The Morgan fingerprint density at radius 2 is 2.04 bits per heavy atom. The number of likely N-dealkylation sites (N-methyl/N-ethyl adjacent to an activating group) is 1. The summed E-state index contributed by atoms with van der Waals surface area (Å²) in [6.07, 6.45) is 0.240. The lowest BCUT2D eigenvalue weighted by atomic mass is 10.1. The third kappa shape index (κ3) is 6.32. The van der Waals surface area contributed by atoms with E-state index in [1.165, 1.54) is 12.1 Å². The first-order valence-corrected chi connectivity index (χ1v) is 8.83. The van der Waals surface area contributed by atoms with Crippen molar-refractivity contribution in [3.05, 3.63) is 64.4 Å². The Morgan fingerprint density at radius 3 is 2.73 bits per heavy atom. The third-order valence-electron chi connectivity index (χ3n) is 3.89. The molecular formula is C20H24ClFN2O2. The highest BCUT2D eigenvalue weighted by molar-refractivity contribution is 6.30. The van der Waals surface area contributed by atoms with Crippen molar-refractivity contribution in [1.29, 1.82) is 0 Å². The van der Waals surface area contributed by atoms with Crippen LogP contribution in [0.25, 0.3) is 0 Å². The Bertz CT molecular complexity index is 752. The minimum atomic E-state index is -0.472. The van der Waals surface area contributed by atoms with Crippen molar-refractivity contribution >= 4 is 17.5 Å². The van der Waals surface area contributed by atoms with Gasteiger partial charge in [-0.25, -0.2) is 4.39 Å². The van der Waals surface area contributed by atoms with Gasteiger partial charge >= 0.3 is 0 Å². The summed E-state index contributed by atoms with van der Waals surface area (Å²) in [6.45, 7) is 3.25. The van der Waals surface area contributed by atoms with Gasteiger partial charge in [0.1, 0.15) is 18.2 Å². The van der Waals surface area contributed by atoms with E-state index in [1.54, 1.807) is 6.07 Å². The average Bonchev–Trinajstić information content (AvgIpc) is 2.57. The number of carbonyl (C=O) groups is 1. The maximum Gasteiger partial charge on any atom is 0.224 e. The molecule has 0 unspecified atom stereocenters. The van der Waals surface area contributed by atoms with Crippen molar-refractivity contribution in [1.82, 2.24) is 10.2 Å². The minimum absolute atomic E-state index is 0.0474. The number of benzene rings is 2. The molecule has 2 aromatic rings. The molecule has 26 heavy (non-hydrogen) atoms. The molecule has 0 radical (unpaired) electrons. The van der Waals surface area contributed by atoms with Crippen molar-refractivity contribution in [2.24, 2.45) is 0 Å². The highest BCUT2D eigenvalue weighted by Crippen LogP contribution is 2.21. The fourth-order valence-electron chi connectivity index (χ4n) is 2.43. The van der Waals surface area contributed by atoms with Gasteiger partial charge in [-0.05, 0) is 56.4 Å². The predicted octanol–water partition coefficient (Wildman–Crippen LogP) is 3.84. The van der Waals surface area contributed by atoms with E-state index in [0.717, 1.165) is 23.4 Å². The summed E-state index contributed by atoms with van der Waals surface area (Å²) in [5.41, 5.74) is 1.62. The second kappa shape index (κ2) is 9.55. The molecule has 0 aliphatic carbocycles. The minimum Gasteiger partial charge on any atom is -0.492 e. The Kier molecular flexibility index (Phi) is 7.42. The number of nitrogens with one attached hydrogen (secondary N) is 1. The van der Waals surface area contributed by atoms with Crippen molar-refractivity contribution in [3.8, 4) is 5.75 Å². The molecule has 0 aliphatic rings. The molecule has 1 N–H and O–H groups in total. The summed E-state index contributed by atoms with van der Waals surface area (Å²) >= 11 is 5.80. The van der Waals surface area contributed by atoms with Gasteiger partial charge in [-0.15, -0.1) is 0 Å². The monoisotopic (exact) mass is 378 g/mol. The van der Waals surface area contributed by atoms with Gasteiger partial charge in [0.05, 0.1) is 17.5 Å². The maximum atomic E-state index is 13.2. The number of rotatable bonds is 8. The molecule has 4 nitrogen and oxygen atoms in total. The number of ether oxygens (including phenoxy) is 1. The Morgan fingerprint density at radius 1 is 1.27 bits per heavy atom. The summed E-state index contributed by atoms with van der Waals surface area (Å²) in [5, 5.41) is 2.95. The van der Waals surface area contributed by atoms with Gasteiger partial charge in [-0.2, -0.15) is 0 Å². The first-order chi connectivity index (χ1) is 12.3. The smallest absolute Gasteiger partial charge is 0.224 e. The van der Waals surface area contributed by atoms with Crippen molar-refractivity contribution in [3.63, 3.8) is 0 Å². The fourth-order valence-corrected chi connectivity index (χ4v) is 2.62. The standard InChI is InChI=1S/C20H24ClFN2O2/c1-14(16-7-8-19(22)18(21)13-16)23-20(25)12-15-5-4-6-17(11-15)26-10-9-24(2)3/h4-8,11,13-14H,9-10,12H2,1-3H3,(H,23,25)/t14-/m1/s1. The van der Waals surface area contributed by atoms with Crippen LogP contribution >= 0.6 is 11.6 Å². The molecule has 1 amide bonds. The Balaban J connectivity index is 1.91. The summed E-state index contributed by atoms with van der Waals surface area (Å²) < 4.78 is 18.9. The van der Waals surface area contributed by atoms with Gasteiger partial charge in [0.25, 0.3) is 0 Å². The van der Waals surface area contributed by atoms with Crippen LogP contribution in [0.5, 0.6) is 5.75 Å². The van der Waals surface area contributed by atoms with E-state index in [-0.39, 0.29) is 23.4 Å². The number of halogens is 2. The van der Waals surface area contributed by atoms with Crippen LogP contribution in [0.2, 0.25) is 5.02 Å².